The summed E-state index contributed by atoms with van der Waals surface area (Å²) in [5, 5.41) is 0. The van der Waals surface area contributed by atoms with Gasteiger partial charge in [-0.25, -0.2) is 9.97 Å². The predicted molar refractivity (Wildman–Crippen MR) is 74.7 cm³/mol. The van der Waals surface area contributed by atoms with E-state index in [0.29, 0.717) is 11.7 Å². The second-order valence-corrected chi connectivity index (χ2v) is 4.77. The van der Waals surface area contributed by atoms with E-state index in [9.17, 15) is 0 Å². The van der Waals surface area contributed by atoms with E-state index in [0.717, 1.165) is 28.6 Å². The van der Waals surface area contributed by atoms with Crippen molar-refractivity contribution in [3.63, 3.8) is 0 Å². The van der Waals surface area contributed by atoms with Crippen LogP contribution in [0.5, 0.6) is 11.6 Å². The fraction of sp³-hybridized carbons (Fsp3) is 0.231. The fourth-order valence-corrected chi connectivity index (χ4v) is 2.00. The van der Waals surface area contributed by atoms with Crippen LogP contribution in [0.3, 0.4) is 0 Å². The first-order chi connectivity index (χ1) is 8.70. The molecule has 0 bridgehead atoms. The lowest BCUT2D eigenvalue weighted by Crippen LogP contribution is -2.02. The van der Waals surface area contributed by atoms with Gasteiger partial charge in [0, 0.05) is 4.47 Å². The second-order valence-electron chi connectivity index (χ2n) is 3.85. The minimum atomic E-state index is 0.483. The standard InChI is InChI=1S/C13H14BrN3O/c1-2-4-11-12(15)16-8-17-13(11)18-10-6-3-5-9(14)7-10/h3,5-8H,2,4H2,1H3,(H2,15,16,17). The van der Waals surface area contributed by atoms with E-state index in [1.54, 1.807) is 0 Å². The molecule has 1 aromatic carbocycles. The van der Waals surface area contributed by atoms with Gasteiger partial charge >= 0.3 is 0 Å². The van der Waals surface area contributed by atoms with E-state index in [1.165, 1.54) is 6.33 Å². The van der Waals surface area contributed by atoms with Crippen molar-refractivity contribution in [2.45, 2.75) is 19.8 Å². The van der Waals surface area contributed by atoms with Gasteiger partial charge in [0.2, 0.25) is 5.88 Å². The number of aromatic nitrogens is 2. The summed E-state index contributed by atoms with van der Waals surface area (Å²) in [7, 11) is 0. The van der Waals surface area contributed by atoms with Crippen LogP contribution >= 0.6 is 15.9 Å². The van der Waals surface area contributed by atoms with Crippen LogP contribution in [-0.4, -0.2) is 9.97 Å². The highest BCUT2D eigenvalue weighted by Gasteiger charge is 2.10. The number of nitrogens with zero attached hydrogens (tertiary/aromatic N) is 2. The Morgan fingerprint density at radius 3 is 2.89 bits per heavy atom. The number of ether oxygens (including phenoxy) is 1. The molecule has 2 aromatic rings. The first-order valence-electron chi connectivity index (χ1n) is 5.73. The third-order valence-corrected chi connectivity index (χ3v) is 2.94. The minimum absolute atomic E-state index is 0.483. The van der Waals surface area contributed by atoms with E-state index in [2.05, 4.69) is 32.8 Å². The molecule has 0 fully saturated rings. The topological polar surface area (TPSA) is 61.0 Å². The van der Waals surface area contributed by atoms with Crippen LogP contribution in [0.1, 0.15) is 18.9 Å². The molecular formula is C13H14BrN3O. The Morgan fingerprint density at radius 1 is 1.33 bits per heavy atom. The highest BCUT2D eigenvalue weighted by molar-refractivity contribution is 9.10. The van der Waals surface area contributed by atoms with Gasteiger partial charge < -0.3 is 10.5 Å². The molecule has 0 saturated heterocycles. The number of benzene rings is 1. The summed E-state index contributed by atoms with van der Waals surface area (Å²) in [5.74, 6) is 1.74. The monoisotopic (exact) mass is 307 g/mol. The molecule has 94 valence electrons. The molecular weight excluding hydrogens is 294 g/mol. The molecule has 0 spiro atoms. The van der Waals surface area contributed by atoms with Crippen molar-refractivity contribution < 1.29 is 4.74 Å². The Balaban J connectivity index is 2.31. The molecule has 0 saturated carbocycles. The van der Waals surface area contributed by atoms with Gasteiger partial charge in [-0.1, -0.05) is 35.3 Å². The average Bonchev–Trinajstić information content (AvgIpc) is 2.34. The minimum Gasteiger partial charge on any atom is -0.439 e. The lowest BCUT2D eigenvalue weighted by atomic mass is 10.2. The van der Waals surface area contributed by atoms with Crippen LogP contribution in [0.4, 0.5) is 5.82 Å². The fourth-order valence-electron chi connectivity index (χ4n) is 1.62. The first kappa shape index (κ1) is 12.8. The molecule has 0 aliphatic carbocycles. The molecule has 0 radical (unpaired) electrons. The quantitative estimate of drug-likeness (QED) is 0.938. The largest absolute Gasteiger partial charge is 0.439 e. The van der Waals surface area contributed by atoms with Crippen LogP contribution in [-0.2, 0) is 6.42 Å². The van der Waals surface area contributed by atoms with Crippen molar-refractivity contribution in [3.8, 4) is 11.6 Å². The first-order valence-corrected chi connectivity index (χ1v) is 6.52. The third-order valence-electron chi connectivity index (χ3n) is 2.45. The summed E-state index contributed by atoms with van der Waals surface area (Å²) in [6.07, 6.45) is 3.18. The second kappa shape index (κ2) is 5.82. The lowest BCUT2D eigenvalue weighted by molar-refractivity contribution is 0.454. The summed E-state index contributed by atoms with van der Waals surface area (Å²) in [4.78, 5) is 8.15. The zero-order chi connectivity index (χ0) is 13.0. The number of anilines is 1. The van der Waals surface area contributed by atoms with Crippen LogP contribution in [0.25, 0.3) is 0 Å². The molecule has 18 heavy (non-hydrogen) atoms. The molecule has 0 amide bonds. The summed E-state index contributed by atoms with van der Waals surface area (Å²) in [6.45, 7) is 2.08. The molecule has 0 aliphatic rings. The molecule has 1 heterocycles. The Kier molecular flexibility index (Phi) is 4.15. The number of hydrogen-bond donors (Lipinski definition) is 1. The summed E-state index contributed by atoms with van der Waals surface area (Å²) in [5.41, 5.74) is 6.71. The molecule has 2 N–H and O–H groups in total. The van der Waals surface area contributed by atoms with Gasteiger partial charge in [-0.3, -0.25) is 0 Å². The van der Waals surface area contributed by atoms with Gasteiger partial charge in [0.25, 0.3) is 0 Å². The van der Waals surface area contributed by atoms with Crippen molar-refractivity contribution in [2.24, 2.45) is 0 Å². The highest BCUT2D eigenvalue weighted by Crippen LogP contribution is 2.28. The lowest BCUT2D eigenvalue weighted by Gasteiger charge is -2.10. The average molecular weight is 308 g/mol. The SMILES string of the molecule is CCCc1c(N)ncnc1Oc1cccc(Br)c1. The van der Waals surface area contributed by atoms with E-state index < -0.39 is 0 Å². The maximum absolute atomic E-state index is 5.85. The summed E-state index contributed by atoms with van der Waals surface area (Å²) < 4.78 is 6.72. The molecule has 0 aliphatic heterocycles. The number of halogens is 1. The van der Waals surface area contributed by atoms with Crippen molar-refractivity contribution in [3.05, 3.63) is 40.6 Å². The highest BCUT2D eigenvalue weighted by atomic mass is 79.9. The maximum Gasteiger partial charge on any atom is 0.227 e. The number of nitrogens with two attached hydrogens (primary N) is 1. The van der Waals surface area contributed by atoms with Crippen LogP contribution in [0, 0.1) is 0 Å². The van der Waals surface area contributed by atoms with Gasteiger partial charge in [0.05, 0.1) is 5.56 Å². The maximum atomic E-state index is 5.85. The Labute approximate surface area is 114 Å². The van der Waals surface area contributed by atoms with Crippen molar-refractivity contribution in [2.75, 3.05) is 5.73 Å². The van der Waals surface area contributed by atoms with Gasteiger partial charge in [0.1, 0.15) is 17.9 Å². The predicted octanol–water partition coefficient (Wildman–Crippen LogP) is 3.57. The Bertz CT molecular complexity index is 546. The zero-order valence-electron chi connectivity index (χ0n) is 10.1. The molecule has 2 rings (SSSR count). The third kappa shape index (κ3) is 2.98. The Hall–Kier alpha value is -1.62. The molecule has 4 nitrogen and oxygen atoms in total. The molecule has 0 atom stereocenters. The van der Waals surface area contributed by atoms with Gasteiger partial charge in [0.15, 0.2) is 0 Å². The van der Waals surface area contributed by atoms with Gasteiger partial charge in [-0.05, 0) is 24.6 Å². The van der Waals surface area contributed by atoms with Gasteiger partial charge in [-0.15, -0.1) is 0 Å². The normalized spacial score (nSPS) is 10.3. The van der Waals surface area contributed by atoms with E-state index >= 15 is 0 Å². The van der Waals surface area contributed by atoms with Crippen molar-refractivity contribution in [1.82, 2.24) is 9.97 Å². The van der Waals surface area contributed by atoms with Crippen molar-refractivity contribution >= 4 is 21.7 Å². The number of hydrogen-bond acceptors (Lipinski definition) is 4. The summed E-state index contributed by atoms with van der Waals surface area (Å²) >= 11 is 3.40. The smallest absolute Gasteiger partial charge is 0.227 e. The molecule has 5 heteroatoms. The zero-order valence-corrected chi connectivity index (χ0v) is 11.6. The summed E-state index contributed by atoms with van der Waals surface area (Å²) in [6, 6.07) is 7.60. The van der Waals surface area contributed by atoms with Crippen LogP contribution in [0.2, 0.25) is 0 Å². The number of nitrogen functional groups attached to an aromatic ring is 1. The molecule has 1 aromatic heterocycles. The number of rotatable bonds is 4. The Morgan fingerprint density at radius 2 is 2.17 bits per heavy atom. The van der Waals surface area contributed by atoms with Crippen LogP contribution in [0.15, 0.2) is 35.1 Å². The van der Waals surface area contributed by atoms with E-state index in [4.69, 9.17) is 10.5 Å². The van der Waals surface area contributed by atoms with Crippen LogP contribution < -0.4 is 10.5 Å². The molecule has 0 unspecified atom stereocenters. The van der Waals surface area contributed by atoms with Gasteiger partial charge in [-0.2, -0.15) is 0 Å². The van der Waals surface area contributed by atoms with E-state index in [-0.39, 0.29) is 0 Å². The van der Waals surface area contributed by atoms with Crippen molar-refractivity contribution in [1.29, 1.82) is 0 Å². The van der Waals surface area contributed by atoms with E-state index in [1.807, 2.05) is 24.3 Å².